The molecule has 2 N–H and O–H groups in total. The second-order valence-electron chi connectivity index (χ2n) is 9.05. The van der Waals surface area contributed by atoms with Crippen LogP contribution in [0.25, 0.3) is 11.2 Å². The molecule has 1 aliphatic heterocycles. The molecule has 3 aromatic rings. The molecule has 1 aromatic carbocycles. The number of hydrogen-bond acceptors (Lipinski definition) is 6. The van der Waals surface area contributed by atoms with Gasteiger partial charge in [-0.15, -0.1) is 0 Å². The summed E-state index contributed by atoms with van der Waals surface area (Å²) in [5.41, 5.74) is 1.08. The Bertz CT molecular complexity index is 1190. The van der Waals surface area contributed by atoms with Gasteiger partial charge in [-0.1, -0.05) is 24.8 Å². The number of aromatic amines is 1. The van der Waals surface area contributed by atoms with Crippen molar-refractivity contribution in [3.05, 3.63) is 60.9 Å². The van der Waals surface area contributed by atoms with Gasteiger partial charge in [0.1, 0.15) is 23.7 Å². The van der Waals surface area contributed by atoms with Gasteiger partial charge in [-0.2, -0.15) is 0 Å². The third kappa shape index (κ3) is 4.88. The first-order valence-corrected chi connectivity index (χ1v) is 11.3. The smallest absolute Gasteiger partial charge is 0.255 e. The molecule has 0 aliphatic carbocycles. The van der Waals surface area contributed by atoms with E-state index in [2.05, 4.69) is 26.8 Å². The number of amides is 2. The molecule has 2 aromatic heterocycles. The fraction of sp³-hybridized carbons (Fsp3) is 0.360. The van der Waals surface area contributed by atoms with Gasteiger partial charge in [0, 0.05) is 25.8 Å². The van der Waals surface area contributed by atoms with E-state index in [4.69, 9.17) is 9.72 Å². The van der Waals surface area contributed by atoms with E-state index in [-0.39, 0.29) is 17.9 Å². The Morgan fingerprint density at radius 2 is 2.06 bits per heavy atom. The first kappa shape index (κ1) is 23.3. The molecule has 0 radical (unpaired) electrons. The Morgan fingerprint density at radius 3 is 2.76 bits per heavy atom. The second kappa shape index (κ2) is 9.54. The molecular weight excluding hydrogens is 432 g/mol. The van der Waals surface area contributed by atoms with Crippen molar-refractivity contribution in [2.45, 2.75) is 32.4 Å². The number of carbonyl (C=O) groups is 2. The fourth-order valence-corrected chi connectivity index (χ4v) is 4.16. The minimum atomic E-state index is -0.396. The van der Waals surface area contributed by atoms with Crippen molar-refractivity contribution in [2.75, 3.05) is 31.1 Å². The molecule has 34 heavy (non-hydrogen) atoms. The minimum absolute atomic E-state index is 0.0823. The van der Waals surface area contributed by atoms with Crippen LogP contribution in [-0.2, 0) is 4.79 Å². The van der Waals surface area contributed by atoms with E-state index in [0.29, 0.717) is 48.8 Å². The standard InChI is InChI=1S/C25H30N6O3/c1-5-21(32)31-12-11-30(16-25(31,3)4)20-14-27-23-22(29-20)19(13-26-23)24(33)28-17(2)15-34-18-9-7-6-8-10-18/h5-10,13-14,17H,1,11-12,15-16H2,2-4H3,(H,26,27)(H,28,33)/t17-/m1/s1. The second-order valence-corrected chi connectivity index (χ2v) is 9.05. The lowest BCUT2D eigenvalue weighted by molar-refractivity contribution is -0.131. The SMILES string of the molecule is C=CC(=O)N1CCN(c2cnc3[nH]cc(C(=O)N[C@H](C)COc4ccccc4)c3n2)CC1(C)C. The number of fused-ring (bicyclic) bond motifs is 1. The molecule has 2 amide bonds. The zero-order valence-corrected chi connectivity index (χ0v) is 19.7. The number of piperazine rings is 1. The molecule has 178 valence electrons. The molecule has 0 bridgehead atoms. The summed E-state index contributed by atoms with van der Waals surface area (Å²) in [5.74, 6) is 1.09. The van der Waals surface area contributed by atoms with Crippen molar-refractivity contribution in [1.29, 1.82) is 0 Å². The van der Waals surface area contributed by atoms with Crippen LogP contribution in [0.3, 0.4) is 0 Å². The van der Waals surface area contributed by atoms with Crippen LogP contribution < -0.4 is 15.0 Å². The molecule has 0 spiro atoms. The molecule has 1 aliphatic rings. The number of nitrogens with one attached hydrogen (secondary N) is 2. The number of benzene rings is 1. The first-order valence-electron chi connectivity index (χ1n) is 11.3. The van der Waals surface area contributed by atoms with Crippen LogP contribution in [-0.4, -0.2) is 69.5 Å². The zero-order chi connectivity index (χ0) is 24.3. The van der Waals surface area contributed by atoms with Crippen molar-refractivity contribution in [3.63, 3.8) is 0 Å². The number of para-hydroxylation sites is 1. The zero-order valence-electron chi connectivity index (χ0n) is 19.7. The average molecular weight is 463 g/mol. The number of aromatic nitrogens is 3. The number of carbonyl (C=O) groups excluding carboxylic acids is 2. The Hall–Kier alpha value is -3.88. The predicted octanol–water partition coefficient (Wildman–Crippen LogP) is 2.77. The Kier molecular flexibility index (Phi) is 6.54. The predicted molar refractivity (Wildman–Crippen MR) is 131 cm³/mol. The maximum atomic E-state index is 13.0. The van der Waals surface area contributed by atoms with E-state index < -0.39 is 5.54 Å². The number of ether oxygens (including phenoxy) is 1. The summed E-state index contributed by atoms with van der Waals surface area (Å²) < 4.78 is 5.73. The summed E-state index contributed by atoms with van der Waals surface area (Å²) in [4.78, 5) is 41.3. The van der Waals surface area contributed by atoms with Crippen molar-refractivity contribution in [3.8, 4) is 5.75 Å². The third-order valence-corrected chi connectivity index (χ3v) is 5.90. The number of hydrogen-bond donors (Lipinski definition) is 2. The van der Waals surface area contributed by atoms with E-state index in [0.717, 1.165) is 5.75 Å². The fourth-order valence-electron chi connectivity index (χ4n) is 4.16. The summed E-state index contributed by atoms with van der Waals surface area (Å²) in [6.07, 6.45) is 4.66. The van der Waals surface area contributed by atoms with Crippen molar-refractivity contribution < 1.29 is 14.3 Å². The molecule has 9 heteroatoms. The number of anilines is 1. The minimum Gasteiger partial charge on any atom is -0.491 e. The molecule has 3 heterocycles. The molecule has 1 fully saturated rings. The molecule has 1 saturated heterocycles. The topological polar surface area (TPSA) is 103 Å². The highest BCUT2D eigenvalue weighted by Gasteiger charge is 2.36. The summed E-state index contributed by atoms with van der Waals surface area (Å²) in [5, 5.41) is 2.96. The van der Waals surface area contributed by atoms with Gasteiger partial charge < -0.3 is 24.8 Å². The highest BCUT2D eigenvalue weighted by atomic mass is 16.5. The largest absolute Gasteiger partial charge is 0.491 e. The van der Waals surface area contributed by atoms with Gasteiger partial charge in [-0.25, -0.2) is 9.97 Å². The van der Waals surface area contributed by atoms with Crippen molar-refractivity contribution >= 4 is 28.8 Å². The van der Waals surface area contributed by atoms with E-state index in [1.165, 1.54) is 6.08 Å². The normalized spacial score (nSPS) is 16.2. The Labute approximate surface area is 198 Å². The van der Waals surface area contributed by atoms with Gasteiger partial charge in [-0.3, -0.25) is 9.59 Å². The van der Waals surface area contributed by atoms with Gasteiger partial charge in [-0.05, 0) is 39.0 Å². The van der Waals surface area contributed by atoms with Crippen LogP contribution in [0.5, 0.6) is 5.75 Å². The Balaban J connectivity index is 1.46. The molecule has 4 rings (SSSR count). The van der Waals surface area contributed by atoms with Crippen LogP contribution >= 0.6 is 0 Å². The van der Waals surface area contributed by atoms with E-state index in [1.54, 1.807) is 12.4 Å². The summed E-state index contributed by atoms with van der Waals surface area (Å²) in [7, 11) is 0. The maximum Gasteiger partial charge on any atom is 0.255 e. The van der Waals surface area contributed by atoms with Gasteiger partial charge in [0.15, 0.2) is 5.65 Å². The van der Waals surface area contributed by atoms with Crippen LogP contribution in [0.1, 0.15) is 31.1 Å². The number of nitrogens with zero attached hydrogens (tertiary/aromatic N) is 4. The van der Waals surface area contributed by atoms with Gasteiger partial charge in [0.05, 0.1) is 23.3 Å². The summed E-state index contributed by atoms with van der Waals surface area (Å²) >= 11 is 0. The van der Waals surface area contributed by atoms with Crippen LogP contribution in [0.15, 0.2) is 55.4 Å². The van der Waals surface area contributed by atoms with Crippen molar-refractivity contribution in [1.82, 2.24) is 25.2 Å². The average Bonchev–Trinajstić information content (AvgIpc) is 3.26. The molecule has 0 saturated carbocycles. The van der Waals surface area contributed by atoms with E-state index in [1.807, 2.05) is 56.0 Å². The maximum absolute atomic E-state index is 13.0. The van der Waals surface area contributed by atoms with Crippen LogP contribution in [0, 0.1) is 0 Å². The van der Waals surface area contributed by atoms with E-state index >= 15 is 0 Å². The summed E-state index contributed by atoms with van der Waals surface area (Å²) in [6, 6.07) is 9.27. The molecule has 9 nitrogen and oxygen atoms in total. The lowest BCUT2D eigenvalue weighted by Gasteiger charge is -2.47. The lowest BCUT2D eigenvalue weighted by atomic mass is 9.98. The van der Waals surface area contributed by atoms with Gasteiger partial charge in [0.2, 0.25) is 5.91 Å². The first-order chi connectivity index (χ1) is 16.3. The monoisotopic (exact) mass is 462 g/mol. The quantitative estimate of drug-likeness (QED) is 0.524. The van der Waals surface area contributed by atoms with Crippen molar-refractivity contribution in [2.24, 2.45) is 0 Å². The third-order valence-electron chi connectivity index (χ3n) is 5.90. The molecule has 0 unspecified atom stereocenters. The van der Waals surface area contributed by atoms with Crippen LogP contribution in [0.4, 0.5) is 5.82 Å². The number of rotatable bonds is 7. The number of H-pyrrole nitrogens is 1. The summed E-state index contributed by atoms with van der Waals surface area (Å²) in [6.45, 7) is 11.6. The molecule has 1 atom stereocenters. The van der Waals surface area contributed by atoms with E-state index in [9.17, 15) is 9.59 Å². The Morgan fingerprint density at radius 1 is 1.29 bits per heavy atom. The van der Waals surface area contributed by atoms with Crippen LogP contribution in [0.2, 0.25) is 0 Å². The van der Waals surface area contributed by atoms with Gasteiger partial charge in [0.25, 0.3) is 5.91 Å². The van der Waals surface area contributed by atoms with Gasteiger partial charge >= 0.3 is 0 Å². The molecular formula is C25H30N6O3. The highest BCUT2D eigenvalue weighted by molar-refractivity contribution is 6.04. The lowest BCUT2D eigenvalue weighted by Crippen LogP contribution is -2.61. The highest BCUT2D eigenvalue weighted by Crippen LogP contribution is 2.26.